The third kappa shape index (κ3) is 4.17. The van der Waals surface area contributed by atoms with Gasteiger partial charge < -0.3 is 4.90 Å². The minimum atomic E-state index is -4.40. The number of rotatable bonds is 4. The lowest BCUT2D eigenvalue weighted by Gasteiger charge is -2.35. The smallest absolute Gasteiger partial charge is 0.306 e. The summed E-state index contributed by atoms with van der Waals surface area (Å²) in [4.78, 5) is 6.24. The normalized spacial score (nSPS) is 16.0. The van der Waals surface area contributed by atoms with Crippen LogP contribution in [0.4, 0.5) is 24.7 Å². The highest BCUT2D eigenvalue weighted by molar-refractivity contribution is 5.75. The Morgan fingerprint density at radius 1 is 1.03 bits per heavy atom. The van der Waals surface area contributed by atoms with Crippen molar-refractivity contribution in [3.05, 3.63) is 95.2 Å². The van der Waals surface area contributed by atoms with E-state index in [1.807, 2.05) is 55.5 Å². The van der Waals surface area contributed by atoms with E-state index in [0.717, 1.165) is 23.3 Å². The molecule has 3 aromatic rings. The zero-order valence-electron chi connectivity index (χ0n) is 15.8. The SMILES string of the molecule is Cc1ccc(CNC2C=Cc3cccnc3N2c2cccc(C(F)(F)F)c2)cc1. The molecule has 3 nitrogen and oxygen atoms in total. The topological polar surface area (TPSA) is 28.2 Å². The van der Waals surface area contributed by atoms with Crippen molar-refractivity contribution in [2.45, 2.75) is 25.8 Å². The minimum Gasteiger partial charge on any atom is -0.306 e. The highest BCUT2D eigenvalue weighted by atomic mass is 19.4. The number of nitrogens with zero attached hydrogens (tertiary/aromatic N) is 2. The molecule has 6 heteroatoms. The van der Waals surface area contributed by atoms with Crippen LogP contribution in [-0.4, -0.2) is 11.1 Å². The summed E-state index contributed by atoms with van der Waals surface area (Å²) in [7, 11) is 0. The number of halogens is 3. The monoisotopic (exact) mass is 395 g/mol. The highest BCUT2D eigenvalue weighted by Crippen LogP contribution is 2.37. The first-order valence-corrected chi connectivity index (χ1v) is 9.30. The fourth-order valence-corrected chi connectivity index (χ4v) is 3.36. The molecule has 0 bridgehead atoms. The van der Waals surface area contributed by atoms with Crippen molar-refractivity contribution in [2.75, 3.05) is 4.90 Å². The number of anilines is 2. The van der Waals surface area contributed by atoms with Gasteiger partial charge in [-0.25, -0.2) is 4.98 Å². The molecule has 0 radical (unpaired) electrons. The Bertz CT molecular complexity index is 1030. The Morgan fingerprint density at radius 3 is 2.59 bits per heavy atom. The summed E-state index contributed by atoms with van der Waals surface area (Å²) in [5.41, 5.74) is 2.89. The largest absolute Gasteiger partial charge is 0.416 e. The van der Waals surface area contributed by atoms with Crippen LogP contribution in [0, 0.1) is 6.92 Å². The molecule has 1 unspecified atom stereocenters. The Balaban J connectivity index is 1.68. The molecule has 148 valence electrons. The fourth-order valence-electron chi connectivity index (χ4n) is 3.36. The molecule has 1 aromatic heterocycles. The molecule has 1 aliphatic rings. The first kappa shape index (κ1) is 19.2. The van der Waals surface area contributed by atoms with Crippen LogP contribution in [0.5, 0.6) is 0 Å². The predicted molar refractivity (Wildman–Crippen MR) is 109 cm³/mol. The van der Waals surface area contributed by atoms with E-state index in [0.29, 0.717) is 18.1 Å². The van der Waals surface area contributed by atoms with Gasteiger partial charge in [0.25, 0.3) is 0 Å². The molecule has 0 aliphatic carbocycles. The average molecular weight is 395 g/mol. The predicted octanol–water partition coefficient (Wildman–Crippen LogP) is 5.69. The van der Waals surface area contributed by atoms with Gasteiger partial charge >= 0.3 is 6.18 Å². The lowest BCUT2D eigenvalue weighted by molar-refractivity contribution is -0.137. The van der Waals surface area contributed by atoms with E-state index in [2.05, 4.69) is 10.3 Å². The number of aromatic nitrogens is 1. The molecule has 2 heterocycles. The van der Waals surface area contributed by atoms with Crippen molar-refractivity contribution in [3.8, 4) is 0 Å². The maximum atomic E-state index is 13.3. The van der Waals surface area contributed by atoms with Gasteiger partial charge in [0.15, 0.2) is 0 Å². The molecule has 0 amide bonds. The second-order valence-electron chi connectivity index (χ2n) is 7.00. The van der Waals surface area contributed by atoms with E-state index in [1.165, 1.54) is 11.6 Å². The number of hydrogen-bond acceptors (Lipinski definition) is 3. The molecular formula is C23H20F3N3. The number of pyridine rings is 1. The van der Waals surface area contributed by atoms with Crippen molar-refractivity contribution >= 4 is 17.6 Å². The van der Waals surface area contributed by atoms with E-state index in [4.69, 9.17) is 0 Å². The molecular weight excluding hydrogens is 375 g/mol. The van der Waals surface area contributed by atoms with E-state index < -0.39 is 11.7 Å². The van der Waals surface area contributed by atoms with Gasteiger partial charge in [-0.05, 0) is 48.9 Å². The number of alkyl halides is 3. The van der Waals surface area contributed by atoms with Crippen LogP contribution in [-0.2, 0) is 12.7 Å². The Hall–Kier alpha value is -3.12. The first-order valence-electron chi connectivity index (χ1n) is 9.30. The second-order valence-corrected chi connectivity index (χ2v) is 7.00. The molecule has 4 rings (SSSR count). The summed E-state index contributed by atoms with van der Waals surface area (Å²) in [6.45, 7) is 2.60. The summed E-state index contributed by atoms with van der Waals surface area (Å²) in [6, 6.07) is 17.2. The van der Waals surface area contributed by atoms with E-state index in [1.54, 1.807) is 17.2 Å². The third-order valence-electron chi connectivity index (χ3n) is 4.87. The highest BCUT2D eigenvalue weighted by Gasteiger charge is 2.32. The number of hydrogen-bond donors (Lipinski definition) is 1. The van der Waals surface area contributed by atoms with Gasteiger partial charge in [-0.15, -0.1) is 0 Å². The second kappa shape index (κ2) is 7.72. The summed E-state index contributed by atoms with van der Waals surface area (Å²) < 4.78 is 39.8. The van der Waals surface area contributed by atoms with Crippen molar-refractivity contribution < 1.29 is 13.2 Å². The van der Waals surface area contributed by atoms with Gasteiger partial charge in [0.05, 0.1) is 5.56 Å². The molecule has 0 saturated heterocycles. The van der Waals surface area contributed by atoms with Gasteiger partial charge in [0, 0.05) is 24.0 Å². The molecule has 1 N–H and O–H groups in total. The lowest BCUT2D eigenvalue weighted by Crippen LogP contribution is -2.43. The van der Waals surface area contributed by atoms with Crippen molar-refractivity contribution in [3.63, 3.8) is 0 Å². The number of aryl methyl sites for hydroxylation is 1. The zero-order valence-corrected chi connectivity index (χ0v) is 15.8. The van der Waals surface area contributed by atoms with Crippen LogP contribution < -0.4 is 10.2 Å². The summed E-state index contributed by atoms with van der Waals surface area (Å²) in [5, 5.41) is 3.42. The van der Waals surface area contributed by atoms with E-state index in [-0.39, 0.29) is 6.17 Å². The van der Waals surface area contributed by atoms with Gasteiger partial charge in [-0.3, -0.25) is 5.32 Å². The Kier molecular flexibility index (Phi) is 5.11. The van der Waals surface area contributed by atoms with E-state index in [9.17, 15) is 13.2 Å². The zero-order chi connectivity index (χ0) is 20.4. The van der Waals surface area contributed by atoms with Crippen molar-refractivity contribution in [1.29, 1.82) is 0 Å². The number of benzene rings is 2. The molecule has 1 atom stereocenters. The van der Waals surface area contributed by atoms with Crippen molar-refractivity contribution in [1.82, 2.24) is 10.3 Å². The first-order chi connectivity index (χ1) is 13.9. The van der Waals surface area contributed by atoms with Crippen LogP contribution in [0.3, 0.4) is 0 Å². The Labute approximate surface area is 167 Å². The number of fused-ring (bicyclic) bond motifs is 1. The van der Waals surface area contributed by atoms with Gasteiger partial charge in [-0.2, -0.15) is 13.2 Å². The fraction of sp³-hybridized carbons (Fsp3) is 0.174. The van der Waals surface area contributed by atoms with Crippen LogP contribution in [0.2, 0.25) is 0 Å². The molecule has 29 heavy (non-hydrogen) atoms. The maximum Gasteiger partial charge on any atom is 0.416 e. The van der Waals surface area contributed by atoms with Crippen LogP contribution in [0.1, 0.15) is 22.3 Å². The lowest BCUT2D eigenvalue weighted by atomic mass is 10.1. The molecule has 2 aromatic carbocycles. The van der Waals surface area contributed by atoms with Crippen LogP contribution >= 0.6 is 0 Å². The Morgan fingerprint density at radius 2 is 1.83 bits per heavy atom. The van der Waals surface area contributed by atoms with Gasteiger partial charge in [0.2, 0.25) is 0 Å². The molecule has 0 spiro atoms. The van der Waals surface area contributed by atoms with Gasteiger partial charge in [0.1, 0.15) is 12.0 Å². The molecule has 0 saturated carbocycles. The molecule has 0 fully saturated rings. The minimum absolute atomic E-state index is 0.331. The van der Waals surface area contributed by atoms with Crippen LogP contribution in [0.25, 0.3) is 6.08 Å². The average Bonchev–Trinajstić information content (AvgIpc) is 2.72. The maximum absolute atomic E-state index is 13.3. The summed E-state index contributed by atoms with van der Waals surface area (Å²) in [6.07, 6.45) is 0.800. The van der Waals surface area contributed by atoms with Crippen LogP contribution in [0.15, 0.2) is 72.9 Å². The van der Waals surface area contributed by atoms with Crippen molar-refractivity contribution in [2.24, 2.45) is 0 Å². The van der Waals surface area contributed by atoms with Gasteiger partial charge in [-0.1, -0.05) is 42.0 Å². The standard InChI is InChI=1S/C23H20F3N3/c1-16-7-9-17(10-8-16)15-28-21-12-11-18-4-3-13-27-22(18)29(21)20-6-2-5-19(14-20)23(24,25)26/h2-14,21,28H,15H2,1H3. The summed E-state index contributed by atoms with van der Waals surface area (Å²) in [5.74, 6) is 0.621. The molecule has 1 aliphatic heterocycles. The van der Waals surface area contributed by atoms with E-state index >= 15 is 0 Å². The third-order valence-corrected chi connectivity index (χ3v) is 4.87. The summed E-state index contributed by atoms with van der Waals surface area (Å²) >= 11 is 0. The quantitative estimate of drug-likeness (QED) is 0.615. The number of nitrogens with one attached hydrogen (secondary N) is 1.